The average Bonchev–Trinajstić information content (AvgIpc) is 2.40. The van der Waals surface area contributed by atoms with Crippen molar-refractivity contribution in [3.05, 3.63) is 68.4 Å². The van der Waals surface area contributed by atoms with Gasteiger partial charge in [-0.1, -0.05) is 23.8 Å². The van der Waals surface area contributed by atoms with E-state index >= 15 is 0 Å². The molecule has 0 aliphatic rings. The molecule has 1 unspecified atom stereocenters. The molecule has 0 aromatic heterocycles. The van der Waals surface area contributed by atoms with Crippen LogP contribution in [0.3, 0.4) is 0 Å². The molecule has 0 amide bonds. The Morgan fingerprint density at radius 2 is 1.76 bits per heavy atom. The summed E-state index contributed by atoms with van der Waals surface area (Å²) in [6.07, 6.45) is 0.708. The fourth-order valence-corrected chi connectivity index (χ4v) is 3.31. The van der Waals surface area contributed by atoms with Crippen molar-refractivity contribution in [2.75, 3.05) is 0 Å². The largest absolute Gasteiger partial charge is 0.271 e. The first-order valence-corrected chi connectivity index (χ1v) is 7.69. The SMILES string of the molecule is Cc1cc(C)c(C(Cc2ccc(F)c(Br)c2)NN)c(C)c1. The average molecular weight is 351 g/mol. The fourth-order valence-electron chi connectivity index (χ4n) is 2.89. The third-order valence-electron chi connectivity index (χ3n) is 3.71. The lowest BCUT2D eigenvalue weighted by Crippen LogP contribution is -2.30. The zero-order chi connectivity index (χ0) is 15.6. The lowest BCUT2D eigenvalue weighted by molar-refractivity contribution is 0.545. The first-order chi connectivity index (χ1) is 9.92. The fraction of sp³-hybridized carbons (Fsp3) is 0.294. The summed E-state index contributed by atoms with van der Waals surface area (Å²) in [5, 5.41) is 0. The molecule has 4 heteroatoms. The molecule has 0 aliphatic carbocycles. The molecular formula is C17H20BrFN2. The topological polar surface area (TPSA) is 38.0 Å². The smallest absolute Gasteiger partial charge is 0.137 e. The van der Waals surface area contributed by atoms with Crippen LogP contribution in [0.25, 0.3) is 0 Å². The maximum Gasteiger partial charge on any atom is 0.137 e. The van der Waals surface area contributed by atoms with E-state index in [2.05, 4.69) is 54.3 Å². The van der Waals surface area contributed by atoms with Crippen LogP contribution < -0.4 is 11.3 Å². The molecular weight excluding hydrogens is 331 g/mol. The van der Waals surface area contributed by atoms with Gasteiger partial charge < -0.3 is 0 Å². The van der Waals surface area contributed by atoms with E-state index in [-0.39, 0.29) is 11.9 Å². The normalized spacial score (nSPS) is 12.5. The third-order valence-corrected chi connectivity index (χ3v) is 4.32. The van der Waals surface area contributed by atoms with Crippen molar-refractivity contribution in [1.82, 2.24) is 5.43 Å². The first-order valence-electron chi connectivity index (χ1n) is 6.90. The van der Waals surface area contributed by atoms with Gasteiger partial charge in [-0.05, 0) is 77.5 Å². The Morgan fingerprint density at radius 3 is 2.29 bits per heavy atom. The van der Waals surface area contributed by atoms with Crippen molar-refractivity contribution < 1.29 is 4.39 Å². The van der Waals surface area contributed by atoms with Crippen LogP contribution in [0.1, 0.15) is 33.9 Å². The number of halogens is 2. The van der Waals surface area contributed by atoms with E-state index in [9.17, 15) is 4.39 Å². The Kier molecular flexibility index (Phi) is 5.14. The summed E-state index contributed by atoms with van der Waals surface area (Å²) in [5.74, 6) is 5.51. The molecule has 0 heterocycles. The lowest BCUT2D eigenvalue weighted by atomic mass is 9.91. The second-order valence-corrected chi connectivity index (χ2v) is 6.34. The molecule has 0 saturated heterocycles. The van der Waals surface area contributed by atoms with Crippen LogP contribution in [0, 0.1) is 26.6 Å². The molecule has 2 aromatic rings. The summed E-state index contributed by atoms with van der Waals surface area (Å²) in [7, 11) is 0. The van der Waals surface area contributed by atoms with Crippen LogP contribution in [-0.4, -0.2) is 0 Å². The highest BCUT2D eigenvalue weighted by Gasteiger charge is 2.16. The summed E-state index contributed by atoms with van der Waals surface area (Å²) in [6.45, 7) is 6.28. The molecule has 2 nitrogen and oxygen atoms in total. The lowest BCUT2D eigenvalue weighted by Gasteiger charge is -2.22. The van der Waals surface area contributed by atoms with Crippen molar-refractivity contribution >= 4 is 15.9 Å². The summed E-state index contributed by atoms with van der Waals surface area (Å²) < 4.78 is 13.8. The molecule has 21 heavy (non-hydrogen) atoms. The number of hydrazine groups is 1. The molecule has 0 aliphatic heterocycles. The molecule has 3 N–H and O–H groups in total. The Labute approximate surface area is 133 Å². The zero-order valence-corrected chi connectivity index (χ0v) is 14.1. The predicted octanol–water partition coefficient (Wildman–Crippen LogP) is 4.26. The number of rotatable bonds is 4. The van der Waals surface area contributed by atoms with Crippen molar-refractivity contribution in [2.45, 2.75) is 33.2 Å². The highest BCUT2D eigenvalue weighted by atomic mass is 79.9. The van der Waals surface area contributed by atoms with Crippen molar-refractivity contribution in [3.63, 3.8) is 0 Å². The third kappa shape index (κ3) is 3.70. The molecule has 0 fully saturated rings. The summed E-state index contributed by atoms with van der Waals surface area (Å²) in [5.41, 5.74) is 8.82. The number of aryl methyl sites for hydroxylation is 3. The number of benzene rings is 2. The monoisotopic (exact) mass is 350 g/mol. The van der Waals surface area contributed by atoms with Gasteiger partial charge in [0.15, 0.2) is 0 Å². The van der Waals surface area contributed by atoms with Crippen LogP contribution in [0.4, 0.5) is 4.39 Å². The van der Waals surface area contributed by atoms with E-state index in [1.165, 1.54) is 28.3 Å². The quantitative estimate of drug-likeness (QED) is 0.638. The van der Waals surface area contributed by atoms with Crippen molar-refractivity contribution in [2.24, 2.45) is 5.84 Å². The van der Waals surface area contributed by atoms with Gasteiger partial charge in [-0.15, -0.1) is 0 Å². The molecule has 0 saturated carbocycles. The molecule has 1 atom stereocenters. The number of nitrogens with two attached hydrogens (primary N) is 1. The number of nitrogens with one attached hydrogen (secondary N) is 1. The van der Waals surface area contributed by atoms with Crippen LogP contribution in [0.15, 0.2) is 34.8 Å². The van der Waals surface area contributed by atoms with Gasteiger partial charge in [-0.25, -0.2) is 4.39 Å². The summed E-state index contributed by atoms with van der Waals surface area (Å²) in [6, 6.07) is 9.40. The second-order valence-electron chi connectivity index (χ2n) is 5.48. The number of hydrogen-bond donors (Lipinski definition) is 2. The molecule has 2 rings (SSSR count). The van der Waals surface area contributed by atoms with E-state index in [1.54, 1.807) is 12.1 Å². The maximum atomic E-state index is 13.3. The standard InChI is InChI=1S/C17H20BrFN2/c1-10-6-11(2)17(12(3)7-10)16(21-20)9-13-4-5-15(19)14(18)8-13/h4-8,16,21H,9,20H2,1-3H3. The minimum Gasteiger partial charge on any atom is -0.271 e. The molecule has 0 spiro atoms. The molecule has 0 bridgehead atoms. The van der Waals surface area contributed by atoms with Crippen LogP contribution in [0.2, 0.25) is 0 Å². The Balaban J connectivity index is 2.34. The molecule has 0 radical (unpaired) electrons. The van der Waals surface area contributed by atoms with E-state index in [0.29, 0.717) is 10.9 Å². The summed E-state index contributed by atoms with van der Waals surface area (Å²) >= 11 is 3.23. The van der Waals surface area contributed by atoms with Crippen LogP contribution in [-0.2, 0) is 6.42 Å². The molecule has 112 valence electrons. The number of hydrogen-bond acceptors (Lipinski definition) is 2. The zero-order valence-electron chi connectivity index (χ0n) is 12.5. The van der Waals surface area contributed by atoms with E-state index in [0.717, 1.165) is 5.56 Å². The highest BCUT2D eigenvalue weighted by Crippen LogP contribution is 2.27. The molecule has 2 aromatic carbocycles. The summed E-state index contributed by atoms with van der Waals surface area (Å²) in [4.78, 5) is 0. The van der Waals surface area contributed by atoms with Gasteiger partial charge in [0.1, 0.15) is 5.82 Å². The van der Waals surface area contributed by atoms with Gasteiger partial charge in [0, 0.05) is 0 Å². The van der Waals surface area contributed by atoms with Crippen LogP contribution in [0.5, 0.6) is 0 Å². The van der Waals surface area contributed by atoms with E-state index in [4.69, 9.17) is 5.84 Å². The van der Waals surface area contributed by atoms with Gasteiger partial charge in [0.2, 0.25) is 0 Å². The van der Waals surface area contributed by atoms with Crippen molar-refractivity contribution in [1.29, 1.82) is 0 Å². The van der Waals surface area contributed by atoms with Gasteiger partial charge >= 0.3 is 0 Å². The van der Waals surface area contributed by atoms with Crippen LogP contribution >= 0.6 is 15.9 Å². The van der Waals surface area contributed by atoms with Gasteiger partial charge in [0.05, 0.1) is 10.5 Å². The van der Waals surface area contributed by atoms with Gasteiger partial charge in [-0.3, -0.25) is 11.3 Å². The highest BCUT2D eigenvalue weighted by molar-refractivity contribution is 9.10. The Hall–Kier alpha value is -1.23. The van der Waals surface area contributed by atoms with Gasteiger partial charge in [0.25, 0.3) is 0 Å². The minimum absolute atomic E-state index is 0.00274. The minimum atomic E-state index is -0.251. The maximum absolute atomic E-state index is 13.3. The Bertz CT molecular complexity index is 632. The predicted molar refractivity (Wildman–Crippen MR) is 88.5 cm³/mol. The second kappa shape index (κ2) is 6.69. The van der Waals surface area contributed by atoms with Crippen molar-refractivity contribution in [3.8, 4) is 0 Å². The Morgan fingerprint density at radius 1 is 1.14 bits per heavy atom. The first kappa shape index (κ1) is 16.1. The van der Waals surface area contributed by atoms with E-state index in [1.807, 2.05) is 0 Å². The van der Waals surface area contributed by atoms with Gasteiger partial charge in [-0.2, -0.15) is 0 Å². The van der Waals surface area contributed by atoms with E-state index < -0.39 is 0 Å².